The van der Waals surface area contributed by atoms with Gasteiger partial charge in [-0.05, 0) is 36.5 Å². The maximum Gasteiger partial charge on any atom is 0.119 e. The molecule has 0 amide bonds. The molecular formula is C13H17ClO. The van der Waals surface area contributed by atoms with Crippen LogP contribution >= 0.6 is 11.6 Å². The molecule has 0 spiro atoms. The van der Waals surface area contributed by atoms with Gasteiger partial charge in [0.25, 0.3) is 0 Å². The third kappa shape index (κ3) is 3.13. The minimum absolute atomic E-state index is 0.556. The highest BCUT2D eigenvalue weighted by Crippen LogP contribution is 2.25. The Kier molecular flexibility index (Phi) is 3.90. The van der Waals surface area contributed by atoms with Gasteiger partial charge in [0, 0.05) is 5.88 Å². The second-order valence-electron chi connectivity index (χ2n) is 4.24. The van der Waals surface area contributed by atoms with Gasteiger partial charge in [-0.15, -0.1) is 11.6 Å². The van der Waals surface area contributed by atoms with Crippen LogP contribution in [0.5, 0.6) is 5.75 Å². The quantitative estimate of drug-likeness (QED) is 0.703. The average Bonchev–Trinajstić information content (AvgIpc) is 2.79. The summed E-state index contributed by atoms with van der Waals surface area (Å²) in [6.45, 7) is 0.867. The van der Waals surface area contributed by atoms with Crippen molar-refractivity contribution in [2.75, 3.05) is 6.61 Å². The van der Waals surface area contributed by atoms with Gasteiger partial charge < -0.3 is 4.74 Å². The van der Waals surface area contributed by atoms with Crippen molar-refractivity contribution in [2.24, 2.45) is 5.92 Å². The molecule has 0 atom stereocenters. The predicted octanol–water partition coefficient (Wildman–Crippen LogP) is 3.99. The molecule has 1 aliphatic rings. The van der Waals surface area contributed by atoms with Crippen LogP contribution in [0.3, 0.4) is 0 Å². The zero-order valence-electron chi connectivity index (χ0n) is 8.92. The monoisotopic (exact) mass is 224 g/mol. The molecule has 0 heterocycles. The average molecular weight is 225 g/mol. The number of hydrogen-bond acceptors (Lipinski definition) is 1. The first-order valence-electron chi connectivity index (χ1n) is 5.66. The van der Waals surface area contributed by atoms with Crippen LogP contribution in [-0.2, 0) is 5.88 Å². The molecule has 1 aromatic rings. The van der Waals surface area contributed by atoms with Crippen molar-refractivity contribution in [1.29, 1.82) is 0 Å². The summed E-state index contributed by atoms with van der Waals surface area (Å²) in [6, 6.07) is 8.06. The highest BCUT2D eigenvalue weighted by atomic mass is 35.5. The first kappa shape index (κ1) is 10.8. The van der Waals surface area contributed by atoms with Gasteiger partial charge in [0.1, 0.15) is 5.75 Å². The summed E-state index contributed by atoms with van der Waals surface area (Å²) in [5.41, 5.74) is 1.13. The lowest BCUT2D eigenvalue weighted by Gasteiger charge is -2.11. The van der Waals surface area contributed by atoms with Crippen LogP contribution in [0.25, 0.3) is 0 Å². The summed E-state index contributed by atoms with van der Waals surface area (Å²) in [5.74, 6) is 2.28. The Morgan fingerprint density at radius 2 is 2.07 bits per heavy atom. The molecule has 1 aliphatic carbocycles. The molecular weight excluding hydrogens is 208 g/mol. The molecule has 1 aromatic carbocycles. The van der Waals surface area contributed by atoms with E-state index < -0.39 is 0 Å². The van der Waals surface area contributed by atoms with Gasteiger partial charge >= 0.3 is 0 Å². The lowest BCUT2D eigenvalue weighted by Crippen LogP contribution is -2.07. The molecule has 1 fully saturated rings. The lowest BCUT2D eigenvalue weighted by atomic mass is 10.1. The zero-order chi connectivity index (χ0) is 10.5. The number of alkyl halides is 1. The van der Waals surface area contributed by atoms with E-state index in [4.69, 9.17) is 16.3 Å². The SMILES string of the molecule is ClCc1cccc(OCC2CCCC2)c1. The molecule has 0 saturated heterocycles. The molecule has 0 unspecified atom stereocenters. The van der Waals surface area contributed by atoms with E-state index in [1.807, 2.05) is 24.3 Å². The van der Waals surface area contributed by atoms with Crippen molar-refractivity contribution in [3.63, 3.8) is 0 Å². The highest BCUT2D eigenvalue weighted by molar-refractivity contribution is 6.17. The number of benzene rings is 1. The van der Waals surface area contributed by atoms with Crippen molar-refractivity contribution >= 4 is 11.6 Å². The van der Waals surface area contributed by atoms with Gasteiger partial charge in [0.05, 0.1) is 6.61 Å². The minimum Gasteiger partial charge on any atom is -0.493 e. The number of halogens is 1. The topological polar surface area (TPSA) is 9.23 Å². The molecule has 82 valence electrons. The van der Waals surface area contributed by atoms with Gasteiger partial charge in [0.2, 0.25) is 0 Å². The fourth-order valence-corrected chi connectivity index (χ4v) is 2.28. The Hall–Kier alpha value is -0.690. The van der Waals surface area contributed by atoms with E-state index >= 15 is 0 Å². The van der Waals surface area contributed by atoms with Crippen molar-refractivity contribution in [3.05, 3.63) is 29.8 Å². The van der Waals surface area contributed by atoms with Crippen LogP contribution in [0.4, 0.5) is 0 Å². The molecule has 0 radical (unpaired) electrons. The number of hydrogen-bond donors (Lipinski definition) is 0. The van der Waals surface area contributed by atoms with Crippen LogP contribution in [0.1, 0.15) is 31.2 Å². The van der Waals surface area contributed by atoms with Gasteiger partial charge in [0.15, 0.2) is 0 Å². The van der Waals surface area contributed by atoms with Crippen molar-refractivity contribution in [3.8, 4) is 5.75 Å². The van der Waals surface area contributed by atoms with E-state index in [1.54, 1.807) is 0 Å². The molecule has 15 heavy (non-hydrogen) atoms. The number of ether oxygens (including phenoxy) is 1. The maximum absolute atomic E-state index is 5.77. The molecule has 0 bridgehead atoms. The highest BCUT2D eigenvalue weighted by Gasteiger charge is 2.15. The first-order valence-corrected chi connectivity index (χ1v) is 6.19. The van der Waals surface area contributed by atoms with Gasteiger partial charge in [-0.2, -0.15) is 0 Å². The van der Waals surface area contributed by atoms with Gasteiger partial charge in [-0.1, -0.05) is 25.0 Å². The Morgan fingerprint density at radius 3 is 2.80 bits per heavy atom. The maximum atomic E-state index is 5.77. The van der Waals surface area contributed by atoms with Crippen molar-refractivity contribution in [2.45, 2.75) is 31.6 Å². The number of rotatable bonds is 4. The predicted molar refractivity (Wildman–Crippen MR) is 63.5 cm³/mol. The fourth-order valence-electron chi connectivity index (χ4n) is 2.11. The third-order valence-corrected chi connectivity index (χ3v) is 3.32. The second-order valence-corrected chi connectivity index (χ2v) is 4.51. The van der Waals surface area contributed by atoms with E-state index in [0.29, 0.717) is 5.88 Å². The van der Waals surface area contributed by atoms with Crippen LogP contribution < -0.4 is 4.74 Å². The largest absolute Gasteiger partial charge is 0.493 e. The molecule has 0 N–H and O–H groups in total. The van der Waals surface area contributed by atoms with E-state index in [9.17, 15) is 0 Å². The molecule has 1 saturated carbocycles. The van der Waals surface area contributed by atoms with Gasteiger partial charge in [-0.3, -0.25) is 0 Å². The molecule has 1 nitrogen and oxygen atoms in total. The summed E-state index contributed by atoms with van der Waals surface area (Å²) in [5, 5.41) is 0. The lowest BCUT2D eigenvalue weighted by molar-refractivity contribution is 0.252. The molecule has 2 heteroatoms. The van der Waals surface area contributed by atoms with E-state index in [0.717, 1.165) is 23.8 Å². The Bertz CT molecular complexity index is 305. The molecule has 2 rings (SSSR count). The summed E-state index contributed by atoms with van der Waals surface area (Å²) in [6.07, 6.45) is 5.40. The van der Waals surface area contributed by atoms with Crippen molar-refractivity contribution < 1.29 is 4.74 Å². The third-order valence-electron chi connectivity index (χ3n) is 3.01. The standard InChI is InChI=1S/C13H17ClO/c14-9-12-6-3-7-13(8-12)15-10-11-4-1-2-5-11/h3,6-8,11H,1-2,4-5,9-10H2. The summed E-state index contributed by atoms with van der Waals surface area (Å²) >= 11 is 5.77. The van der Waals surface area contributed by atoms with E-state index in [2.05, 4.69) is 0 Å². The second kappa shape index (κ2) is 5.41. The normalized spacial score (nSPS) is 16.9. The van der Waals surface area contributed by atoms with Crippen LogP contribution in [-0.4, -0.2) is 6.61 Å². The van der Waals surface area contributed by atoms with Gasteiger partial charge in [-0.25, -0.2) is 0 Å². The summed E-state index contributed by atoms with van der Waals surface area (Å²) in [7, 11) is 0. The summed E-state index contributed by atoms with van der Waals surface area (Å²) < 4.78 is 5.77. The Morgan fingerprint density at radius 1 is 1.27 bits per heavy atom. The summed E-state index contributed by atoms with van der Waals surface area (Å²) in [4.78, 5) is 0. The Balaban J connectivity index is 1.86. The molecule has 0 aliphatic heterocycles. The smallest absolute Gasteiger partial charge is 0.119 e. The van der Waals surface area contributed by atoms with Crippen LogP contribution in [0, 0.1) is 5.92 Å². The zero-order valence-corrected chi connectivity index (χ0v) is 9.67. The van der Waals surface area contributed by atoms with Crippen molar-refractivity contribution in [1.82, 2.24) is 0 Å². The van der Waals surface area contributed by atoms with Crippen LogP contribution in [0.2, 0.25) is 0 Å². The van der Waals surface area contributed by atoms with E-state index in [-0.39, 0.29) is 0 Å². The van der Waals surface area contributed by atoms with E-state index in [1.165, 1.54) is 25.7 Å². The first-order chi connectivity index (χ1) is 7.38. The minimum atomic E-state index is 0.556. The molecule has 0 aromatic heterocycles. The Labute approximate surface area is 96.4 Å². The fraction of sp³-hybridized carbons (Fsp3) is 0.538. The van der Waals surface area contributed by atoms with Crippen LogP contribution in [0.15, 0.2) is 24.3 Å².